The van der Waals surface area contributed by atoms with Crippen LogP contribution in [0, 0.1) is 13.8 Å². The van der Waals surface area contributed by atoms with Crippen molar-refractivity contribution in [3.05, 3.63) is 36.0 Å². The fraction of sp³-hybridized carbons (Fsp3) is 0.421. The van der Waals surface area contributed by atoms with Crippen LogP contribution < -0.4 is 0 Å². The van der Waals surface area contributed by atoms with Crippen LogP contribution in [0.3, 0.4) is 0 Å². The fourth-order valence-electron chi connectivity index (χ4n) is 3.83. The monoisotopic (exact) mass is 338 g/mol. The summed E-state index contributed by atoms with van der Waals surface area (Å²) in [7, 11) is 0. The van der Waals surface area contributed by atoms with Crippen LogP contribution in [0.5, 0.6) is 0 Å². The molecule has 130 valence electrons. The molecule has 0 saturated carbocycles. The van der Waals surface area contributed by atoms with E-state index >= 15 is 0 Å². The van der Waals surface area contributed by atoms with Gasteiger partial charge in [0.15, 0.2) is 0 Å². The van der Waals surface area contributed by atoms with E-state index in [2.05, 4.69) is 32.9 Å². The molecule has 4 rings (SSSR count). The maximum absolute atomic E-state index is 11.5. The molecule has 1 fully saturated rings. The Kier molecular flexibility index (Phi) is 3.82. The molecule has 0 aliphatic carbocycles. The predicted octanol–water partition coefficient (Wildman–Crippen LogP) is 3.49. The number of carbonyl (C=O) groups is 1. The minimum atomic E-state index is 0.165. The van der Waals surface area contributed by atoms with Gasteiger partial charge in [-0.25, -0.2) is 4.98 Å². The Balaban J connectivity index is 1.64. The normalized spacial score (nSPS) is 15.9. The molecule has 3 heterocycles. The summed E-state index contributed by atoms with van der Waals surface area (Å²) < 4.78 is 7.54. The molecule has 0 radical (unpaired) electrons. The third kappa shape index (κ3) is 2.71. The van der Waals surface area contributed by atoms with Crippen LogP contribution >= 0.6 is 0 Å². The summed E-state index contributed by atoms with van der Waals surface area (Å²) in [6.07, 6.45) is 3.86. The van der Waals surface area contributed by atoms with Crippen LogP contribution in [0.2, 0.25) is 0 Å². The smallest absolute Gasteiger partial charge is 0.219 e. The van der Waals surface area contributed by atoms with E-state index in [1.807, 2.05) is 25.1 Å². The number of hydrogen-bond donors (Lipinski definition) is 0. The van der Waals surface area contributed by atoms with Gasteiger partial charge in [0, 0.05) is 31.6 Å². The second kappa shape index (κ2) is 6.02. The molecule has 6 heteroatoms. The maximum Gasteiger partial charge on any atom is 0.219 e. The topological polar surface area (TPSA) is 64.2 Å². The zero-order valence-electron chi connectivity index (χ0n) is 14.8. The number of imidazole rings is 1. The summed E-state index contributed by atoms with van der Waals surface area (Å²) in [5.41, 5.74) is 5.14. The number of amides is 1. The molecular formula is C19H22N4O2. The molecule has 0 N–H and O–H groups in total. The average Bonchev–Trinajstić information content (AvgIpc) is 3.17. The van der Waals surface area contributed by atoms with Crippen molar-refractivity contribution in [2.45, 2.75) is 39.7 Å². The molecule has 0 spiro atoms. The standard InChI is InChI=1S/C19H22N4O2/c1-12-19(13(2)25-21-12)15-4-5-18-17(10-15)20-11-23(18)16-6-8-22(9-7-16)14(3)24/h4-5,10-11,16H,6-9H2,1-3H3. The lowest BCUT2D eigenvalue weighted by Gasteiger charge is -2.32. The van der Waals surface area contributed by atoms with Crippen LogP contribution in [0.15, 0.2) is 29.0 Å². The zero-order chi connectivity index (χ0) is 17.6. The third-order valence-electron chi connectivity index (χ3n) is 5.20. The van der Waals surface area contributed by atoms with Gasteiger partial charge in [0.1, 0.15) is 5.76 Å². The maximum atomic E-state index is 11.5. The van der Waals surface area contributed by atoms with E-state index < -0.39 is 0 Å². The number of aryl methyl sites for hydroxylation is 2. The van der Waals surface area contributed by atoms with Gasteiger partial charge in [-0.2, -0.15) is 0 Å². The molecule has 6 nitrogen and oxygen atoms in total. The van der Waals surface area contributed by atoms with Crippen molar-refractivity contribution in [1.29, 1.82) is 0 Å². The van der Waals surface area contributed by atoms with Gasteiger partial charge in [-0.05, 0) is 44.4 Å². The Labute approximate surface area is 146 Å². The summed E-state index contributed by atoms with van der Waals surface area (Å²) >= 11 is 0. The van der Waals surface area contributed by atoms with E-state index in [-0.39, 0.29) is 5.91 Å². The molecule has 0 atom stereocenters. The molecule has 1 aromatic carbocycles. The lowest BCUT2D eigenvalue weighted by molar-refractivity contribution is -0.130. The molecule has 25 heavy (non-hydrogen) atoms. The van der Waals surface area contributed by atoms with Gasteiger partial charge < -0.3 is 14.0 Å². The van der Waals surface area contributed by atoms with E-state index in [9.17, 15) is 4.79 Å². The number of rotatable bonds is 2. The number of nitrogens with zero attached hydrogens (tertiary/aromatic N) is 4. The number of fused-ring (bicyclic) bond motifs is 1. The van der Waals surface area contributed by atoms with Crippen molar-refractivity contribution in [2.24, 2.45) is 0 Å². The summed E-state index contributed by atoms with van der Waals surface area (Å²) in [5.74, 6) is 0.992. The van der Waals surface area contributed by atoms with Crippen LogP contribution in [0.1, 0.15) is 37.3 Å². The number of benzene rings is 1. The van der Waals surface area contributed by atoms with Crippen LogP contribution in [-0.4, -0.2) is 38.6 Å². The van der Waals surface area contributed by atoms with Crippen molar-refractivity contribution in [2.75, 3.05) is 13.1 Å². The Bertz CT molecular complexity index is 913. The molecule has 1 amide bonds. The Morgan fingerprint density at radius 1 is 1.24 bits per heavy atom. The van der Waals surface area contributed by atoms with E-state index in [1.54, 1.807) is 6.92 Å². The lowest BCUT2D eigenvalue weighted by Crippen LogP contribution is -2.37. The SMILES string of the molecule is CC(=O)N1CCC(n2cnc3cc(-c4c(C)noc4C)ccc32)CC1. The Hall–Kier alpha value is -2.63. The first-order valence-corrected chi connectivity index (χ1v) is 8.70. The van der Waals surface area contributed by atoms with Crippen molar-refractivity contribution in [1.82, 2.24) is 19.6 Å². The largest absolute Gasteiger partial charge is 0.361 e. The zero-order valence-corrected chi connectivity index (χ0v) is 14.8. The number of piperidine rings is 1. The number of aromatic nitrogens is 3. The highest BCUT2D eigenvalue weighted by molar-refractivity contribution is 5.83. The highest BCUT2D eigenvalue weighted by Crippen LogP contribution is 2.31. The fourth-order valence-corrected chi connectivity index (χ4v) is 3.83. The van der Waals surface area contributed by atoms with Crippen molar-refractivity contribution < 1.29 is 9.32 Å². The molecule has 2 aromatic heterocycles. The van der Waals surface area contributed by atoms with E-state index in [1.165, 1.54) is 0 Å². The summed E-state index contributed by atoms with van der Waals surface area (Å²) in [5, 5.41) is 4.04. The molecule has 1 aliphatic heterocycles. The van der Waals surface area contributed by atoms with Gasteiger partial charge in [0.05, 0.1) is 23.1 Å². The lowest BCUT2D eigenvalue weighted by atomic mass is 10.0. The highest BCUT2D eigenvalue weighted by atomic mass is 16.5. The van der Waals surface area contributed by atoms with Crippen molar-refractivity contribution in [3.8, 4) is 11.1 Å². The van der Waals surface area contributed by atoms with E-state index in [0.29, 0.717) is 6.04 Å². The van der Waals surface area contributed by atoms with Crippen LogP contribution in [0.25, 0.3) is 22.2 Å². The minimum Gasteiger partial charge on any atom is -0.361 e. The molecule has 1 aliphatic rings. The van der Waals surface area contributed by atoms with Gasteiger partial charge in [-0.1, -0.05) is 11.2 Å². The predicted molar refractivity (Wildman–Crippen MR) is 95.2 cm³/mol. The first-order valence-electron chi connectivity index (χ1n) is 8.70. The number of likely N-dealkylation sites (tertiary alicyclic amines) is 1. The van der Waals surface area contributed by atoms with Crippen molar-refractivity contribution in [3.63, 3.8) is 0 Å². The first-order chi connectivity index (χ1) is 12.0. The van der Waals surface area contributed by atoms with Crippen LogP contribution in [-0.2, 0) is 4.79 Å². The second-order valence-electron chi connectivity index (χ2n) is 6.79. The molecular weight excluding hydrogens is 316 g/mol. The quantitative estimate of drug-likeness (QED) is 0.717. The Morgan fingerprint density at radius 3 is 2.64 bits per heavy atom. The molecule has 1 saturated heterocycles. The van der Waals surface area contributed by atoms with E-state index in [0.717, 1.165) is 59.5 Å². The molecule has 0 unspecified atom stereocenters. The van der Waals surface area contributed by atoms with Gasteiger partial charge in [0.2, 0.25) is 5.91 Å². The molecule has 3 aromatic rings. The summed E-state index contributed by atoms with van der Waals surface area (Å²) in [6.45, 7) is 7.16. The van der Waals surface area contributed by atoms with Crippen molar-refractivity contribution >= 4 is 16.9 Å². The summed E-state index contributed by atoms with van der Waals surface area (Å²) in [6, 6.07) is 6.73. The van der Waals surface area contributed by atoms with E-state index in [4.69, 9.17) is 4.52 Å². The summed E-state index contributed by atoms with van der Waals surface area (Å²) in [4.78, 5) is 18.0. The number of hydrogen-bond acceptors (Lipinski definition) is 4. The van der Waals surface area contributed by atoms with Gasteiger partial charge >= 0.3 is 0 Å². The van der Waals surface area contributed by atoms with Gasteiger partial charge in [-0.15, -0.1) is 0 Å². The van der Waals surface area contributed by atoms with Gasteiger partial charge in [0.25, 0.3) is 0 Å². The number of carbonyl (C=O) groups excluding carboxylic acids is 1. The molecule has 0 bridgehead atoms. The minimum absolute atomic E-state index is 0.165. The highest BCUT2D eigenvalue weighted by Gasteiger charge is 2.23. The van der Waals surface area contributed by atoms with Crippen LogP contribution in [0.4, 0.5) is 0 Å². The van der Waals surface area contributed by atoms with Gasteiger partial charge in [-0.3, -0.25) is 4.79 Å². The first kappa shape index (κ1) is 15.9. The third-order valence-corrected chi connectivity index (χ3v) is 5.20. The average molecular weight is 338 g/mol. The Morgan fingerprint density at radius 2 is 2.00 bits per heavy atom. The second-order valence-corrected chi connectivity index (χ2v) is 6.79.